The normalized spacial score (nSPS) is 11.6. The van der Waals surface area contributed by atoms with E-state index < -0.39 is 0 Å². The fourth-order valence-electron chi connectivity index (χ4n) is 2.02. The first-order chi connectivity index (χ1) is 11.0. The van der Waals surface area contributed by atoms with Crippen LogP contribution in [0.4, 0.5) is 0 Å². The summed E-state index contributed by atoms with van der Waals surface area (Å²) in [6.45, 7) is 1.84. The number of benzene rings is 2. The van der Waals surface area contributed by atoms with E-state index in [1.165, 1.54) is 0 Å². The summed E-state index contributed by atoms with van der Waals surface area (Å²) in [4.78, 5) is 23.9. The average molecular weight is 440 g/mol. The number of nitrogens with one attached hydrogen (secondary N) is 2. The van der Waals surface area contributed by atoms with Crippen molar-refractivity contribution in [3.05, 3.63) is 68.6 Å². The molecule has 0 radical (unpaired) electrons. The van der Waals surface area contributed by atoms with E-state index in [0.717, 1.165) is 14.5 Å². The van der Waals surface area contributed by atoms with Gasteiger partial charge in [-0.1, -0.05) is 50.1 Å². The van der Waals surface area contributed by atoms with Crippen molar-refractivity contribution in [2.24, 2.45) is 0 Å². The SMILES string of the molecule is CC(NC(=O)CNC(=O)c1cccc(Br)c1)c1ccc(Br)cc1. The van der Waals surface area contributed by atoms with Crippen LogP contribution in [0.2, 0.25) is 0 Å². The molecule has 0 fully saturated rings. The predicted molar refractivity (Wildman–Crippen MR) is 97.2 cm³/mol. The molecule has 120 valence electrons. The van der Waals surface area contributed by atoms with Crippen molar-refractivity contribution in [3.63, 3.8) is 0 Å². The van der Waals surface area contributed by atoms with Crippen molar-refractivity contribution in [3.8, 4) is 0 Å². The van der Waals surface area contributed by atoms with Gasteiger partial charge >= 0.3 is 0 Å². The molecule has 0 bridgehead atoms. The van der Waals surface area contributed by atoms with E-state index in [9.17, 15) is 9.59 Å². The molecule has 0 saturated carbocycles. The van der Waals surface area contributed by atoms with Gasteiger partial charge in [-0.2, -0.15) is 0 Å². The van der Waals surface area contributed by atoms with Crippen LogP contribution in [0.15, 0.2) is 57.5 Å². The molecule has 1 atom stereocenters. The minimum absolute atomic E-state index is 0.0633. The highest BCUT2D eigenvalue weighted by Crippen LogP contribution is 2.16. The molecule has 2 N–H and O–H groups in total. The fourth-order valence-corrected chi connectivity index (χ4v) is 2.68. The van der Waals surface area contributed by atoms with Gasteiger partial charge in [-0.3, -0.25) is 9.59 Å². The highest BCUT2D eigenvalue weighted by atomic mass is 79.9. The van der Waals surface area contributed by atoms with Crippen LogP contribution in [0.5, 0.6) is 0 Å². The lowest BCUT2D eigenvalue weighted by Crippen LogP contribution is -2.38. The third kappa shape index (κ3) is 5.48. The quantitative estimate of drug-likeness (QED) is 0.743. The number of carbonyl (C=O) groups is 2. The summed E-state index contributed by atoms with van der Waals surface area (Å²) in [5.41, 5.74) is 1.51. The van der Waals surface area contributed by atoms with E-state index in [-0.39, 0.29) is 24.4 Å². The minimum Gasteiger partial charge on any atom is -0.348 e. The number of carbonyl (C=O) groups excluding carboxylic acids is 2. The van der Waals surface area contributed by atoms with Crippen molar-refractivity contribution in [2.75, 3.05) is 6.54 Å². The van der Waals surface area contributed by atoms with Crippen molar-refractivity contribution >= 4 is 43.7 Å². The molecule has 0 spiro atoms. The van der Waals surface area contributed by atoms with Gasteiger partial charge < -0.3 is 10.6 Å². The van der Waals surface area contributed by atoms with Gasteiger partial charge in [0.25, 0.3) is 5.91 Å². The maximum absolute atomic E-state index is 12.0. The van der Waals surface area contributed by atoms with E-state index in [0.29, 0.717) is 5.56 Å². The first kappa shape index (κ1) is 17.7. The maximum atomic E-state index is 12.0. The van der Waals surface area contributed by atoms with Gasteiger partial charge in [-0.15, -0.1) is 0 Å². The van der Waals surface area contributed by atoms with Crippen molar-refractivity contribution in [1.82, 2.24) is 10.6 Å². The van der Waals surface area contributed by atoms with Gasteiger partial charge in [0.1, 0.15) is 0 Å². The van der Waals surface area contributed by atoms with E-state index >= 15 is 0 Å². The van der Waals surface area contributed by atoms with Gasteiger partial charge in [-0.25, -0.2) is 0 Å². The van der Waals surface area contributed by atoms with Crippen LogP contribution in [0.3, 0.4) is 0 Å². The van der Waals surface area contributed by atoms with Gasteiger partial charge in [-0.05, 0) is 42.8 Å². The van der Waals surface area contributed by atoms with Crippen LogP contribution < -0.4 is 10.6 Å². The summed E-state index contributed by atoms with van der Waals surface area (Å²) < 4.78 is 1.81. The monoisotopic (exact) mass is 438 g/mol. The Morgan fingerprint density at radius 2 is 1.74 bits per heavy atom. The van der Waals surface area contributed by atoms with E-state index in [4.69, 9.17) is 0 Å². The fraction of sp³-hybridized carbons (Fsp3) is 0.176. The highest BCUT2D eigenvalue weighted by molar-refractivity contribution is 9.10. The Balaban J connectivity index is 1.85. The largest absolute Gasteiger partial charge is 0.348 e. The number of hydrogen-bond acceptors (Lipinski definition) is 2. The topological polar surface area (TPSA) is 58.2 Å². The summed E-state index contributed by atoms with van der Waals surface area (Å²) in [6, 6.07) is 14.6. The molecule has 2 rings (SSSR count). The van der Waals surface area contributed by atoms with Crippen LogP contribution in [0, 0.1) is 0 Å². The minimum atomic E-state index is -0.280. The lowest BCUT2D eigenvalue weighted by atomic mass is 10.1. The Morgan fingerprint density at radius 3 is 2.39 bits per heavy atom. The van der Waals surface area contributed by atoms with Gasteiger partial charge in [0.2, 0.25) is 5.91 Å². The Morgan fingerprint density at radius 1 is 1.04 bits per heavy atom. The van der Waals surface area contributed by atoms with Crippen molar-refractivity contribution in [1.29, 1.82) is 0 Å². The van der Waals surface area contributed by atoms with Crippen LogP contribution in [-0.4, -0.2) is 18.4 Å². The summed E-state index contributed by atoms with van der Waals surface area (Å²) in [5, 5.41) is 5.47. The number of hydrogen-bond donors (Lipinski definition) is 2. The molecule has 0 aliphatic carbocycles. The Labute approximate surface area is 151 Å². The molecule has 6 heteroatoms. The summed E-state index contributed by atoms with van der Waals surface area (Å²) >= 11 is 6.69. The summed E-state index contributed by atoms with van der Waals surface area (Å²) in [6.07, 6.45) is 0. The van der Waals surface area contributed by atoms with E-state index in [2.05, 4.69) is 42.5 Å². The molecular formula is C17H16Br2N2O2. The van der Waals surface area contributed by atoms with Crippen LogP contribution >= 0.6 is 31.9 Å². The standard InChI is InChI=1S/C17H16Br2N2O2/c1-11(12-5-7-14(18)8-6-12)21-16(22)10-20-17(23)13-3-2-4-15(19)9-13/h2-9,11H,10H2,1H3,(H,20,23)(H,21,22). The van der Waals surface area contributed by atoms with Crippen molar-refractivity contribution < 1.29 is 9.59 Å². The van der Waals surface area contributed by atoms with Crippen LogP contribution in [-0.2, 0) is 4.79 Å². The Bertz CT molecular complexity index is 702. The number of amides is 2. The molecule has 2 aromatic carbocycles. The van der Waals surface area contributed by atoms with E-state index in [1.807, 2.05) is 37.3 Å². The number of rotatable bonds is 5. The zero-order chi connectivity index (χ0) is 16.8. The van der Waals surface area contributed by atoms with Crippen LogP contribution in [0.1, 0.15) is 28.9 Å². The Hall–Kier alpha value is -1.66. The third-order valence-corrected chi connectivity index (χ3v) is 4.27. The molecule has 1 unspecified atom stereocenters. The second-order valence-electron chi connectivity index (χ2n) is 5.03. The molecule has 0 saturated heterocycles. The third-order valence-electron chi connectivity index (χ3n) is 3.24. The van der Waals surface area contributed by atoms with Gasteiger partial charge in [0.05, 0.1) is 12.6 Å². The molecule has 23 heavy (non-hydrogen) atoms. The zero-order valence-corrected chi connectivity index (χ0v) is 15.6. The lowest BCUT2D eigenvalue weighted by Gasteiger charge is -2.15. The average Bonchev–Trinajstić information content (AvgIpc) is 2.53. The first-order valence-corrected chi connectivity index (χ1v) is 8.63. The molecule has 4 nitrogen and oxygen atoms in total. The Kier molecular flexibility index (Phi) is 6.36. The molecule has 2 aromatic rings. The lowest BCUT2D eigenvalue weighted by molar-refractivity contribution is -0.120. The first-order valence-electron chi connectivity index (χ1n) is 7.04. The highest BCUT2D eigenvalue weighted by Gasteiger charge is 2.11. The van der Waals surface area contributed by atoms with Crippen LogP contribution in [0.25, 0.3) is 0 Å². The smallest absolute Gasteiger partial charge is 0.251 e. The van der Waals surface area contributed by atoms with Gasteiger partial charge in [0, 0.05) is 14.5 Å². The molecule has 0 heterocycles. The predicted octanol–water partition coefficient (Wildman–Crippen LogP) is 3.82. The number of halogens is 2. The molecular weight excluding hydrogens is 424 g/mol. The zero-order valence-electron chi connectivity index (χ0n) is 12.5. The molecule has 0 aliphatic rings. The second-order valence-corrected chi connectivity index (χ2v) is 6.87. The van der Waals surface area contributed by atoms with E-state index in [1.54, 1.807) is 18.2 Å². The molecule has 0 aromatic heterocycles. The second kappa shape index (κ2) is 8.26. The van der Waals surface area contributed by atoms with Gasteiger partial charge in [0.15, 0.2) is 0 Å². The maximum Gasteiger partial charge on any atom is 0.251 e. The summed E-state index contributed by atoms with van der Waals surface area (Å²) in [5.74, 6) is -0.512. The van der Waals surface area contributed by atoms with Crippen molar-refractivity contribution in [2.45, 2.75) is 13.0 Å². The molecule has 2 amide bonds. The summed E-state index contributed by atoms with van der Waals surface area (Å²) in [7, 11) is 0. The molecule has 0 aliphatic heterocycles.